The third-order valence-electron chi connectivity index (χ3n) is 2.32. The van der Waals surface area contributed by atoms with E-state index in [1.54, 1.807) is 0 Å². The van der Waals surface area contributed by atoms with Crippen LogP contribution in [0.15, 0.2) is 29.8 Å². The van der Waals surface area contributed by atoms with Crippen molar-refractivity contribution in [1.82, 2.24) is 19.9 Å². The maximum Gasteiger partial charge on any atom is 0.0928 e. The number of likely N-dealkylation sites (N-methyl/N-ethyl adjacent to an activating group) is 1. The molecule has 4 nitrogen and oxygen atoms in total. The average molecular weight is 234 g/mol. The molecule has 5 heteroatoms. The second-order valence-corrected chi connectivity index (χ2v) is 4.08. The Morgan fingerprint density at radius 2 is 2.38 bits per heavy atom. The molecule has 2 aromatic heterocycles. The lowest BCUT2D eigenvalue weighted by Crippen LogP contribution is -2.23. The lowest BCUT2D eigenvalue weighted by atomic mass is 10.1. The van der Waals surface area contributed by atoms with E-state index in [9.17, 15) is 0 Å². The molecular weight excluding hydrogens is 220 g/mol. The van der Waals surface area contributed by atoms with Gasteiger partial charge < -0.3 is 5.32 Å². The molecule has 2 rings (SSSR count). The van der Waals surface area contributed by atoms with Crippen molar-refractivity contribution >= 4 is 11.5 Å². The first kappa shape index (κ1) is 11.2. The highest BCUT2D eigenvalue weighted by Gasteiger charge is 2.14. The second kappa shape index (κ2) is 5.67. The van der Waals surface area contributed by atoms with Crippen LogP contribution in [0.2, 0.25) is 0 Å². The van der Waals surface area contributed by atoms with Crippen LogP contribution in [-0.2, 0) is 6.42 Å². The van der Waals surface area contributed by atoms with E-state index in [1.165, 1.54) is 11.5 Å². The topological polar surface area (TPSA) is 50.7 Å². The number of nitrogens with one attached hydrogen (secondary N) is 1. The first-order chi connectivity index (χ1) is 7.90. The summed E-state index contributed by atoms with van der Waals surface area (Å²) in [5, 5.41) is 9.49. The molecule has 84 valence electrons. The summed E-state index contributed by atoms with van der Waals surface area (Å²) in [5.41, 5.74) is 2.07. The molecule has 16 heavy (non-hydrogen) atoms. The van der Waals surface area contributed by atoms with E-state index in [-0.39, 0.29) is 6.04 Å². The Bertz CT molecular complexity index is 401. The number of nitrogens with zero attached hydrogens (tertiary/aromatic N) is 3. The summed E-state index contributed by atoms with van der Waals surface area (Å²) in [7, 11) is 0. The molecule has 0 radical (unpaired) electrons. The van der Waals surface area contributed by atoms with Crippen LogP contribution < -0.4 is 5.32 Å². The number of aromatic nitrogens is 3. The molecular formula is C11H14N4S. The first-order valence-electron chi connectivity index (χ1n) is 5.30. The van der Waals surface area contributed by atoms with Crippen LogP contribution in [0.25, 0.3) is 0 Å². The summed E-state index contributed by atoms with van der Waals surface area (Å²) in [6.45, 7) is 3.00. The number of hydrogen-bond acceptors (Lipinski definition) is 5. The fourth-order valence-electron chi connectivity index (χ4n) is 1.58. The van der Waals surface area contributed by atoms with Crippen molar-refractivity contribution in [2.24, 2.45) is 0 Å². The zero-order valence-corrected chi connectivity index (χ0v) is 9.94. The maximum atomic E-state index is 4.33. The molecule has 0 fully saturated rings. The van der Waals surface area contributed by atoms with Crippen LogP contribution in [0.3, 0.4) is 0 Å². The Balaban J connectivity index is 2.09. The SMILES string of the molecule is CCNC(Cc1ccccn1)c1csnn1. The van der Waals surface area contributed by atoms with Crippen LogP contribution in [-0.4, -0.2) is 21.1 Å². The van der Waals surface area contributed by atoms with Crippen molar-refractivity contribution < 1.29 is 0 Å². The minimum Gasteiger partial charge on any atom is -0.308 e. The lowest BCUT2D eigenvalue weighted by Gasteiger charge is -2.14. The van der Waals surface area contributed by atoms with Gasteiger partial charge >= 0.3 is 0 Å². The van der Waals surface area contributed by atoms with Crippen molar-refractivity contribution in [2.45, 2.75) is 19.4 Å². The highest BCUT2D eigenvalue weighted by atomic mass is 32.1. The van der Waals surface area contributed by atoms with Gasteiger partial charge in [0.15, 0.2) is 0 Å². The van der Waals surface area contributed by atoms with Gasteiger partial charge in [-0.3, -0.25) is 4.98 Å². The molecule has 0 aliphatic heterocycles. The molecule has 0 aromatic carbocycles. The van der Waals surface area contributed by atoms with Gasteiger partial charge in [0.2, 0.25) is 0 Å². The van der Waals surface area contributed by atoms with Gasteiger partial charge in [0.1, 0.15) is 0 Å². The van der Waals surface area contributed by atoms with Gasteiger partial charge in [0, 0.05) is 23.7 Å². The zero-order chi connectivity index (χ0) is 11.2. The summed E-state index contributed by atoms with van der Waals surface area (Å²) < 4.78 is 3.90. The van der Waals surface area contributed by atoms with Crippen molar-refractivity contribution in [3.05, 3.63) is 41.2 Å². The Labute approximate surface area is 98.9 Å². The minimum absolute atomic E-state index is 0.207. The van der Waals surface area contributed by atoms with Crippen molar-refractivity contribution in [1.29, 1.82) is 0 Å². The van der Waals surface area contributed by atoms with Crippen LogP contribution in [0.5, 0.6) is 0 Å². The summed E-state index contributed by atoms with van der Waals surface area (Å²) in [6, 6.07) is 6.17. The maximum absolute atomic E-state index is 4.33. The van der Waals surface area contributed by atoms with Gasteiger partial charge in [0.25, 0.3) is 0 Å². The first-order valence-corrected chi connectivity index (χ1v) is 6.14. The van der Waals surface area contributed by atoms with Gasteiger partial charge in [-0.05, 0) is 30.2 Å². The second-order valence-electron chi connectivity index (χ2n) is 3.47. The molecule has 1 unspecified atom stereocenters. The van der Waals surface area contributed by atoms with E-state index in [0.717, 1.165) is 24.4 Å². The third kappa shape index (κ3) is 2.84. The van der Waals surface area contributed by atoms with Crippen molar-refractivity contribution in [3.63, 3.8) is 0 Å². The van der Waals surface area contributed by atoms with E-state index < -0.39 is 0 Å². The number of hydrogen-bond donors (Lipinski definition) is 1. The molecule has 0 aliphatic rings. The van der Waals surface area contributed by atoms with E-state index in [4.69, 9.17) is 0 Å². The fourth-order valence-corrected chi connectivity index (χ4v) is 2.09. The van der Waals surface area contributed by atoms with Gasteiger partial charge in [-0.2, -0.15) is 0 Å². The van der Waals surface area contributed by atoms with Gasteiger partial charge in [-0.1, -0.05) is 17.5 Å². The summed E-state index contributed by atoms with van der Waals surface area (Å²) in [5.74, 6) is 0. The number of rotatable bonds is 5. The molecule has 0 bridgehead atoms. The normalized spacial score (nSPS) is 12.6. The molecule has 0 saturated heterocycles. The average Bonchev–Trinajstić information content (AvgIpc) is 2.83. The van der Waals surface area contributed by atoms with Crippen LogP contribution in [0, 0.1) is 0 Å². The highest BCUT2D eigenvalue weighted by molar-refractivity contribution is 7.03. The summed E-state index contributed by atoms with van der Waals surface area (Å²) in [6.07, 6.45) is 2.66. The lowest BCUT2D eigenvalue weighted by molar-refractivity contribution is 0.530. The molecule has 2 heterocycles. The van der Waals surface area contributed by atoms with Crippen LogP contribution in [0.1, 0.15) is 24.4 Å². The molecule has 2 aromatic rings. The predicted molar refractivity (Wildman–Crippen MR) is 64.3 cm³/mol. The zero-order valence-electron chi connectivity index (χ0n) is 9.13. The summed E-state index contributed by atoms with van der Waals surface area (Å²) >= 11 is 1.38. The van der Waals surface area contributed by atoms with Crippen LogP contribution >= 0.6 is 11.5 Å². The standard InChI is InChI=1S/C11H14N4S/c1-2-12-10(11-8-16-15-14-11)7-9-5-3-4-6-13-9/h3-6,8,10,12H,2,7H2,1H3. The van der Waals surface area contributed by atoms with Gasteiger partial charge in [-0.15, -0.1) is 5.10 Å². The largest absolute Gasteiger partial charge is 0.308 e. The van der Waals surface area contributed by atoms with E-state index in [1.807, 2.05) is 29.8 Å². The van der Waals surface area contributed by atoms with Crippen molar-refractivity contribution in [3.8, 4) is 0 Å². The Kier molecular flexibility index (Phi) is 3.96. The molecule has 1 N–H and O–H groups in total. The predicted octanol–water partition coefficient (Wildman–Crippen LogP) is 1.83. The third-order valence-corrected chi connectivity index (χ3v) is 2.85. The molecule has 1 atom stereocenters. The monoisotopic (exact) mass is 234 g/mol. The van der Waals surface area contributed by atoms with Gasteiger partial charge in [-0.25, -0.2) is 0 Å². The van der Waals surface area contributed by atoms with E-state index in [2.05, 4.69) is 26.8 Å². The van der Waals surface area contributed by atoms with Crippen molar-refractivity contribution in [2.75, 3.05) is 6.54 Å². The summed E-state index contributed by atoms with van der Waals surface area (Å²) in [4.78, 5) is 4.33. The van der Waals surface area contributed by atoms with E-state index >= 15 is 0 Å². The smallest absolute Gasteiger partial charge is 0.0928 e. The quantitative estimate of drug-likeness (QED) is 0.857. The van der Waals surface area contributed by atoms with E-state index in [0.29, 0.717) is 0 Å². The Hall–Kier alpha value is -1.33. The Morgan fingerprint density at radius 1 is 1.44 bits per heavy atom. The highest BCUT2D eigenvalue weighted by Crippen LogP contribution is 2.15. The minimum atomic E-state index is 0.207. The van der Waals surface area contributed by atoms with Crippen LogP contribution in [0.4, 0.5) is 0 Å². The van der Waals surface area contributed by atoms with Gasteiger partial charge in [0.05, 0.1) is 11.7 Å². The number of pyridine rings is 1. The molecule has 0 spiro atoms. The fraction of sp³-hybridized carbons (Fsp3) is 0.364. The Morgan fingerprint density at radius 3 is 3.00 bits per heavy atom. The molecule has 0 saturated carbocycles. The molecule has 0 amide bonds. The molecule has 0 aliphatic carbocycles.